The molecule has 6 nitrogen and oxygen atoms in total. The Labute approximate surface area is 135 Å². The summed E-state index contributed by atoms with van der Waals surface area (Å²) >= 11 is 0. The van der Waals surface area contributed by atoms with Crippen molar-refractivity contribution in [3.8, 4) is 0 Å². The first-order valence-electron chi connectivity index (χ1n) is 8.32. The highest BCUT2D eigenvalue weighted by atomic mass is 16.5. The van der Waals surface area contributed by atoms with Gasteiger partial charge in [0.15, 0.2) is 0 Å². The van der Waals surface area contributed by atoms with E-state index in [0.29, 0.717) is 18.7 Å². The number of para-hydroxylation sites is 2. The van der Waals surface area contributed by atoms with Crippen LogP contribution < -0.4 is 5.69 Å². The molecule has 2 heterocycles. The number of imidazole rings is 1. The van der Waals surface area contributed by atoms with Crippen molar-refractivity contribution in [2.24, 2.45) is 0 Å². The molecule has 2 aromatic rings. The zero-order valence-electron chi connectivity index (χ0n) is 13.5. The molecule has 0 N–H and O–H groups in total. The predicted molar refractivity (Wildman–Crippen MR) is 88.9 cm³/mol. The van der Waals surface area contributed by atoms with Crippen molar-refractivity contribution in [1.29, 1.82) is 0 Å². The zero-order valence-corrected chi connectivity index (χ0v) is 13.5. The summed E-state index contributed by atoms with van der Waals surface area (Å²) in [5.74, 6) is 0. The number of carbonyl (C=O) groups excluding carboxylic acids is 1. The molecule has 0 amide bonds. The fourth-order valence-corrected chi connectivity index (χ4v) is 3.20. The van der Waals surface area contributed by atoms with Crippen LogP contribution in [0, 0.1) is 0 Å². The van der Waals surface area contributed by atoms with E-state index in [0.717, 1.165) is 29.7 Å². The number of aryl methyl sites for hydroxylation is 1. The molecular weight excluding hydrogens is 294 g/mol. The van der Waals surface area contributed by atoms with Gasteiger partial charge in [0.2, 0.25) is 0 Å². The molecule has 0 radical (unpaired) electrons. The number of ether oxygens (including phenoxy) is 1. The first-order chi connectivity index (χ1) is 11.2. The van der Waals surface area contributed by atoms with E-state index in [4.69, 9.17) is 4.74 Å². The number of likely N-dealkylation sites (tertiary alicyclic amines) is 1. The lowest BCUT2D eigenvalue weighted by Crippen LogP contribution is -2.35. The number of fused-ring (bicyclic) bond motifs is 1. The topological polar surface area (TPSA) is 56.5 Å². The van der Waals surface area contributed by atoms with Crippen molar-refractivity contribution in [1.82, 2.24) is 14.0 Å². The molecule has 1 aromatic heterocycles. The van der Waals surface area contributed by atoms with Crippen molar-refractivity contribution < 1.29 is 9.53 Å². The first kappa shape index (κ1) is 15.8. The normalized spacial score (nSPS) is 15.9. The standard InChI is InChI=1S/C17H23N3O3/c1-2-19-14-8-4-5-9-15(14)20(16(19)21)17(22)23-13-12-18-10-6-3-7-11-18/h4-5,8-9H,2-3,6-7,10-13H2,1H3. The van der Waals surface area contributed by atoms with Crippen LogP contribution in [0.2, 0.25) is 0 Å². The maximum Gasteiger partial charge on any atom is 0.422 e. The van der Waals surface area contributed by atoms with Crippen LogP contribution in [0.3, 0.4) is 0 Å². The van der Waals surface area contributed by atoms with Crippen LogP contribution in [0.25, 0.3) is 11.0 Å². The minimum atomic E-state index is -0.588. The fourth-order valence-electron chi connectivity index (χ4n) is 3.20. The summed E-state index contributed by atoms with van der Waals surface area (Å²) in [5.41, 5.74) is 1.02. The van der Waals surface area contributed by atoms with Crippen molar-refractivity contribution >= 4 is 17.1 Å². The van der Waals surface area contributed by atoms with Crippen molar-refractivity contribution in [3.63, 3.8) is 0 Å². The number of nitrogens with zero attached hydrogens (tertiary/aromatic N) is 3. The van der Waals surface area contributed by atoms with Crippen LogP contribution in [0.5, 0.6) is 0 Å². The molecule has 1 aliphatic heterocycles. The van der Waals surface area contributed by atoms with E-state index in [9.17, 15) is 9.59 Å². The maximum atomic E-state index is 12.4. The molecule has 0 saturated carbocycles. The van der Waals surface area contributed by atoms with E-state index in [2.05, 4.69) is 4.90 Å². The molecule has 1 fully saturated rings. The van der Waals surface area contributed by atoms with Gasteiger partial charge < -0.3 is 4.74 Å². The molecular formula is C17H23N3O3. The van der Waals surface area contributed by atoms with Gasteiger partial charge in [0, 0.05) is 13.1 Å². The molecule has 0 aliphatic carbocycles. The number of hydrogen-bond acceptors (Lipinski definition) is 4. The monoisotopic (exact) mass is 317 g/mol. The highest BCUT2D eigenvalue weighted by Gasteiger charge is 2.19. The molecule has 0 spiro atoms. The minimum Gasteiger partial charge on any atom is -0.447 e. The van der Waals surface area contributed by atoms with Gasteiger partial charge in [-0.15, -0.1) is 0 Å². The summed E-state index contributed by atoms with van der Waals surface area (Å²) in [4.78, 5) is 27.1. The SMILES string of the molecule is CCn1c(=O)n(C(=O)OCCN2CCCCC2)c2ccccc21. The fraction of sp³-hybridized carbons (Fsp3) is 0.529. The Balaban J connectivity index is 1.73. The first-order valence-corrected chi connectivity index (χ1v) is 8.32. The van der Waals surface area contributed by atoms with Gasteiger partial charge in [-0.05, 0) is 45.0 Å². The second-order valence-electron chi connectivity index (χ2n) is 5.87. The zero-order chi connectivity index (χ0) is 16.2. The number of hydrogen-bond donors (Lipinski definition) is 0. The largest absolute Gasteiger partial charge is 0.447 e. The van der Waals surface area contributed by atoms with Crippen LogP contribution in [0.15, 0.2) is 29.1 Å². The lowest BCUT2D eigenvalue weighted by atomic mass is 10.1. The average Bonchev–Trinajstić information content (AvgIpc) is 2.87. The second kappa shape index (κ2) is 7.00. The summed E-state index contributed by atoms with van der Waals surface area (Å²) < 4.78 is 8.07. The lowest BCUT2D eigenvalue weighted by Gasteiger charge is -2.25. The molecule has 0 unspecified atom stereocenters. The molecule has 3 rings (SSSR count). The van der Waals surface area contributed by atoms with Crippen LogP contribution in [0.1, 0.15) is 26.2 Å². The van der Waals surface area contributed by atoms with E-state index in [1.54, 1.807) is 10.6 Å². The predicted octanol–water partition coefficient (Wildman–Crippen LogP) is 2.29. The van der Waals surface area contributed by atoms with E-state index < -0.39 is 6.09 Å². The summed E-state index contributed by atoms with van der Waals surface area (Å²) in [6.45, 7) is 5.58. The van der Waals surface area contributed by atoms with Crippen molar-refractivity contribution in [2.75, 3.05) is 26.2 Å². The van der Waals surface area contributed by atoms with E-state index >= 15 is 0 Å². The third kappa shape index (κ3) is 3.17. The molecule has 1 aromatic carbocycles. The quantitative estimate of drug-likeness (QED) is 0.868. The molecule has 23 heavy (non-hydrogen) atoms. The van der Waals surface area contributed by atoms with Crippen LogP contribution in [0.4, 0.5) is 4.79 Å². The molecule has 124 valence electrons. The third-order valence-electron chi connectivity index (χ3n) is 4.42. The van der Waals surface area contributed by atoms with Gasteiger partial charge in [-0.3, -0.25) is 9.47 Å². The number of aromatic nitrogens is 2. The summed E-state index contributed by atoms with van der Waals surface area (Å²) in [7, 11) is 0. The van der Waals surface area contributed by atoms with Gasteiger partial charge in [0.1, 0.15) is 6.61 Å². The lowest BCUT2D eigenvalue weighted by molar-refractivity contribution is 0.122. The Bertz CT molecular complexity index is 741. The van der Waals surface area contributed by atoms with Gasteiger partial charge in [-0.2, -0.15) is 4.57 Å². The Kier molecular flexibility index (Phi) is 4.81. The Morgan fingerprint density at radius 1 is 1.13 bits per heavy atom. The number of benzene rings is 1. The van der Waals surface area contributed by atoms with Crippen LogP contribution in [-0.2, 0) is 11.3 Å². The molecule has 0 atom stereocenters. The molecule has 0 bridgehead atoms. The van der Waals surface area contributed by atoms with Gasteiger partial charge in [-0.1, -0.05) is 18.6 Å². The van der Waals surface area contributed by atoms with Gasteiger partial charge in [0.25, 0.3) is 0 Å². The van der Waals surface area contributed by atoms with Crippen LogP contribution >= 0.6 is 0 Å². The third-order valence-corrected chi connectivity index (χ3v) is 4.42. The molecule has 1 saturated heterocycles. The minimum absolute atomic E-state index is 0.316. The molecule has 1 aliphatic rings. The summed E-state index contributed by atoms with van der Waals surface area (Å²) in [6.07, 6.45) is 3.10. The van der Waals surface area contributed by atoms with E-state index in [1.807, 2.05) is 25.1 Å². The Hall–Kier alpha value is -2.08. The average molecular weight is 317 g/mol. The van der Waals surface area contributed by atoms with Gasteiger partial charge in [-0.25, -0.2) is 9.59 Å². The number of piperidine rings is 1. The Morgan fingerprint density at radius 3 is 2.52 bits per heavy atom. The summed E-state index contributed by atoms with van der Waals surface area (Å²) in [6, 6.07) is 7.30. The summed E-state index contributed by atoms with van der Waals surface area (Å²) in [5, 5.41) is 0. The molecule has 6 heteroatoms. The van der Waals surface area contributed by atoms with E-state index in [-0.39, 0.29) is 5.69 Å². The number of rotatable bonds is 4. The van der Waals surface area contributed by atoms with Crippen molar-refractivity contribution in [2.45, 2.75) is 32.7 Å². The second-order valence-corrected chi connectivity index (χ2v) is 5.87. The highest BCUT2D eigenvalue weighted by Crippen LogP contribution is 2.13. The van der Waals surface area contributed by atoms with Crippen molar-refractivity contribution in [3.05, 3.63) is 34.7 Å². The van der Waals surface area contributed by atoms with Crippen LogP contribution in [-0.4, -0.2) is 46.4 Å². The maximum absolute atomic E-state index is 12.4. The van der Waals surface area contributed by atoms with Gasteiger partial charge in [0.05, 0.1) is 11.0 Å². The smallest absolute Gasteiger partial charge is 0.422 e. The number of carbonyl (C=O) groups is 1. The highest BCUT2D eigenvalue weighted by molar-refractivity contribution is 5.86. The Morgan fingerprint density at radius 2 is 1.83 bits per heavy atom. The van der Waals surface area contributed by atoms with E-state index in [1.165, 1.54) is 19.3 Å². The van der Waals surface area contributed by atoms with Gasteiger partial charge >= 0.3 is 11.8 Å².